The van der Waals surface area contributed by atoms with Crippen molar-refractivity contribution in [1.82, 2.24) is 4.90 Å². The number of hydrogen-bond donors (Lipinski definition) is 0. The molecule has 2 amide bonds. The summed E-state index contributed by atoms with van der Waals surface area (Å²) in [6, 6.07) is 9.46. The van der Waals surface area contributed by atoms with Gasteiger partial charge in [-0.15, -0.1) is 0 Å². The maximum absolute atomic E-state index is 13.1. The molecule has 0 radical (unpaired) electrons. The van der Waals surface area contributed by atoms with Gasteiger partial charge >= 0.3 is 0 Å². The molecule has 0 bridgehead atoms. The largest absolute Gasteiger partial charge is 0.493 e. The fourth-order valence-electron chi connectivity index (χ4n) is 2.93. The Morgan fingerprint density at radius 2 is 1.89 bits per heavy atom. The van der Waals surface area contributed by atoms with E-state index in [1.165, 1.54) is 17.0 Å². The molecule has 1 heterocycles. The van der Waals surface area contributed by atoms with E-state index in [2.05, 4.69) is 15.9 Å². The molecule has 1 saturated heterocycles. The first kappa shape index (κ1) is 20.7. The number of carbonyl (C=O) groups excluding carboxylic acids is 2. The van der Waals surface area contributed by atoms with Crippen molar-refractivity contribution >= 4 is 38.8 Å². The van der Waals surface area contributed by atoms with Gasteiger partial charge in [0.2, 0.25) is 5.91 Å². The number of nitrogens with zero attached hydrogens (tertiary/aromatic N) is 1. The quantitative estimate of drug-likeness (QED) is 0.585. The van der Waals surface area contributed by atoms with E-state index in [-0.39, 0.29) is 23.5 Å². The highest BCUT2D eigenvalue weighted by molar-refractivity contribution is 9.10. The van der Waals surface area contributed by atoms with Crippen LogP contribution >= 0.6 is 27.7 Å². The lowest BCUT2D eigenvalue weighted by Gasteiger charge is -2.15. The third-order valence-corrected chi connectivity index (χ3v) is 5.92. The summed E-state index contributed by atoms with van der Waals surface area (Å²) in [4.78, 5) is 26.3. The summed E-state index contributed by atoms with van der Waals surface area (Å²) >= 11 is 4.48. The fraction of sp³-hybridized carbons (Fsp3) is 0.300. The van der Waals surface area contributed by atoms with Gasteiger partial charge in [-0.05, 0) is 64.7 Å². The number of ether oxygens (including phenoxy) is 2. The standard InChI is InChI=1S/C20H19BrFNO4S/c1-3-27-18-15(21)8-13(9-16(18)26-2)10-17-19(24)23(20(25)28-17)11-12-4-6-14(22)7-5-12/h4-9,17H,3,10-11H2,1-2H3/t17-/m0/s1. The van der Waals surface area contributed by atoms with Crippen molar-refractivity contribution in [3.63, 3.8) is 0 Å². The molecule has 1 fully saturated rings. The van der Waals surface area contributed by atoms with Crippen LogP contribution in [-0.2, 0) is 17.8 Å². The van der Waals surface area contributed by atoms with Gasteiger partial charge in [-0.25, -0.2) is 4.39 Å². The molecule has 1 aliphatic rings. The Hall–Kier alpha value is -2.06. The minimum atomic E-state index is -0.512. The molecule has 1 atom stereocenters. The topological polar surface area (TPSA) is 55.8 Å². The molecule has 8 heteroatoms. The van der Waals surface area contributed by atoms with Crippen molar-refractivity contribution < 1.29 is 23.5 Å². The van der Waals surface area contributed by atoms with Gasteiger partial charge in [0.15, 0.2) is 11.5 Å². The SMILES string of the molecule is CCOc1c(Br)cc(C[C@@H]2SC(=O)N(Cc3ccc(F)cc3)C2=O)cc1OC. The molecule has 3 rings (SSSR count). The second-order valence-corrected chi connectivity index (χ2v) is 8.18. The number of benzene rings is 2. The second kappa shape index (κ2) is 8.96. The summed E-state index contributed by atoms with van der Waals surface area (Å²) in [6.45, 7) is 2.52. The number of rotatable bonds is 7. The second-order valence-electron chi connectivity index (χ2n) is 6.17. The molecular formula is C20H19BrFNO4S. The summed E-state index contributed by atoms with van der Waals surface area (Å²) in [7, 11) is 1.55. The molecule has 2 aromatic rings. The monoisotopic (exact) mass is 467 g/mol. The van der Waals surface area contributed by atoms with E-state index in [0.29, 0.717) is 30.1 Å². The molecule has 0 N–H and O–H groups in total. The van der Waals surface area contributed by atoms with Gasteiger partial charge in [0.25, 0.3) is 5.24 Å². The third-order valence-electron chi connectivity index (χ3n) is 4.26. The first-order valence-corrected chi connectivity index (χ1v) is 10.4. The molecule has 0 aliphatic carbocycles. The van der Waals surface area contributed by atoms with Gasteiger partial charge in [-0.1, -0.05) is 23.9 Å². The highest BCUT2D eigenvalue weighted by Gasteiger charge is 2.39. The number of halogens is 2. The van der Waals surface area contributed by atoms with Crippen molar-refractivity contribution in [2.24, 2.45) is 0 Å². The van der Waals surface area contributed by atoms with Crippen LogP contribution in [0.2, 0.25) is 0 Å². The Morgan fingerprint density at radius 1 is 1.18 bits per heavy atom. The molecule has 2 aromatic carbocycles. The highest BCUT2D eigenvalue weighted by atomic mass is 79.9. The number of methoxy groups -OCH3 is 1. The number of thioether (sulfide) groups is 1. The van der Waals surface area contributed by atoms with Crippen molar-refractivity contribution in [3.05, 3.63) is 57.8 Å². The molecule has 0 aromatic heterocycles. The molecule has 0 spiro atoms. The van der Waals surface area contributed by atoms with E-state index in [0.717, 1.165) is 21.8 Å². The molecule has 0 unspecified atom stereocenters. The third kappa shape index (κ3) is 4.50. The maximum atomic E-state index is 13.1. The lowest BCUT2D eigenvalue weighted by molar-refractivity contribution is -0.127. The van der Waals surface area contributed by atoms with E-state index in [1.807, 2.05) is 19.1 Å². The number of amides is 2. The smallest absolute Gasteiger partial charge is 0.289 e. The van der Waals surface area contributed by atoms with Gasteiger partial charge < -0.3 is 9.47 Å². The van der Waals surface area contributed by atoms with Gasteiger partial charge in [0.1, 0.15) is 5.82 Å². The molecule has 1 aliphatic heterocycles. The van der Waals surface area contributed by atoms with Crippen molar-refractivity contribution in [2.45, 2.75) is 25.1 Å². The minimum Gasteiger partial charge on any atom is -0.493 e. The zero-order chi connectivity index (χ0) is 20.3. The van der Waals surface area contributed by atoms with Crippen LogP contribution in [-0.4, -0.2) is 35.0 Å². The van der Waals surface area contributed by atoms with Gasteiger partial charge in [-0.3, -0.25) is 14.5 Å². The van der Waals surface area contributed by atoms with E-state index < -0.39 is 5.25 Å². The summed E-state index contributed by atoms with van der Waals surface area (Å²) in [5, 5.41) is -0.807. The van der Waals surface area contributed by atoms with E-state index >= 15 is 0 Å². The lowest BCUT2D eigenvalue weighted by atomic mass is 10.1. The van der Waals surface area contributed by atoms with Crippen LogP contribution in [0.3, 0.4) is 0 Å². The van der Waals surface area contributed by atoms with Gasteiger partial charge in [0, 0.05) is 0 Å². The van der Waals surface area contributed by atoms with Crippen LogP contribution in [0.15, 0.2) is 40.9 Å². The van der Waals surface area contributed by atoms with Gasteiger partial charge in [-0.2, -0.15) is 0 Å². The van der Waals surface area contributed by atoms with Crippen LogP contribution in [0.4, 0.5) is 9.18 Å². The zero-order valence-corrected chi connectivity index (χ0v) is 17.8. The van der Waals surface area contributed by atoms with Crippen molar-refractivity contribution in [3.8, 4) is 11.5 Å². The zero-order valence-electron chi connectivity index (χ0n) is 15.4. The number of carbonyl (C=O) groups is 2. The van der Waals surface area contributed by atoms with Crippen LogP contribution < -0.4 is 9.47 Å². The summed E-state index contributed by atoms with van der Waals surface area (Å²) in [5.41, 5.74) is 1.56. The Labute approximate surface area is 175 Å². The minimum absolute atomic E-state index is 0.137. The normalized spacial score (nSPS) is 16.6. The lowest BCUT2D eigenvalue weighted by Crippen LogP contribution is -2.31. The Morgan fingerprint density at radius 3 is 2.54 bits per heavy atom. The van der Waals surface area contributed by atoms with Crippen LogP contribution in [0.5, 0.6) is 11.5 Å². The Kier molecular flexibility index (Phi) is 6.61. The molecule has 28 heavy (non-hydrogen) atoms. The van der Waals surface area contributed by atoms with E-state index in [4.69, 9.17) is 9.47 Å². The fourth-order valence-corrected chi connectivity index (χ4v) is 4.57. The van der Waals surface area contributed by atoms with Crippen molar-refractivity contribution in [1.29, 1.82) is 0 Å². The van der Waals surface area contributed by atoms with Crippen LogP contribution in [0, 0.1) is 5.82 Å². The molecule has 148 valence electrons. The van der Waals surface area contributed by atoms with Crippen molar-refractivity contribution in [2.75, 3.05) is 13.7 Å². The predicted octanol–water partition coefficient (Wildman–Crippen LogP) is 4.80. The summed E-state index contributed by atoms with van der Waals surface area (Å²) in [6.07, 6.45) is 0.385. The Balaban J connectivity index is 1.75. The molecule has 0 saturated carbocycles. The van der Waals surface area contributed by atoms with E-state index in [1.54, 1.807) is 19.2 Å². The van der Waals surface area contributed by atoms with Crippen LogP contribution in [0.25, 0.3) is 0 Å². The maximum Gasteiger partial charge on any atom is 0.289 e. The molecular weight excluding hydrogens is 449 g/mol. The number of imide groups is 1. The Bertz CT molecular complexity index is 891. The highest BCUT2D eigenvalue weighted by Crippen LogP contribution is 2.38. The first-order valence-electron chi connectivity index (χ1n) is 8.68. The summed E-state index contributed by atoms with van der Waals surface area (Å²) < 4.78 is 24.8. The van der Waals surface area contributed by atoms with Gasteiger partial charge in [0.05, 0.1) is 30.0 Å². The first-order chi connectivity index (χ1) is 13.4. The molecule has 5 nitrogen and oxygen atoms in total. The van der Waals surface area contributed by atoms with Crippen LogP contribution in [0.1, 0.15) is 18.1 Å². The summed E-state index contributed by atoms with van der Waals surface area (Å²) in [5.74, 6) is 0.567. The number of hydrogen-bond acceptors (Lipinski definition) is 5. The van der Waals surface area contributed by atoms with E-state index in [9.17, 15) is 14.0 Å². The predicted molar refractivity (Wildman–Crippen MR) is 109 cm³/mol. The average Bonchev–Trinajstić information content (AvgIpc) is 2.92. The average molecular weight is 468 g/mol.